The summed E-state index contributed by atoms with van der Waals surface area (Å²) < 4.78 is 15.6. The lowest BCUT2D eigenvalue weighted by Gasteiger charge is -2.34. The lowest BCUT2D eigenvalue weighted by molar-refractivity contribution is 0.0435. The van der Waals surface area contributed by atoms with Gasteiger partial charge in [0.15, 0.2) is 0 Å². The molecule has 3 atom stereocenters. The minimum absolute atomic E-state index is 0.0622. The van der Waals surface area contributed by atoms with E-state index in [-0.39, 0.29) is 31.4 Å². The van der Waals surface area contributed by atoms with Gasteiger partial charge in [-0.15, -0.1) is 0 Å². The summed E-state index contributed by atoms with van der Waals surface area (Å²) >= 11 is 0. The van der Waals surface area contributed by atoms with Gasteiger partial charge in [0, 0.05) is 19.2 Å². The van der Waals surface area contributed by atoms with Gasteiger partial charge in [0.2, 0.25) is 0 Å². The van der Waals surface area contributed by atoms with E-state index < -0.39 is 12.2 Å². The Balaban J connectivity index is 1.81. The van der Waals surface area contributed by atoms with Crippen molar-refractivity contribution in [2.75, 3.05) is 13.7 Å². The third kappa shape index (κ3) is 6.76. The van der Waals surface area contributed by atoms with Gasteiger partial charge < -0.3 is 24.8 Å². The molecule has 1 aliphatic rings. The van der Waals surface area contributed by atoms with E-state index in [4.69, 9.17) is 14.2 Å². The molecule has 142 valence electrons. The van der Waals surface area contributed by atoms with E-state index in [2.05, 4.69) is 17.2 Å². The van der Waals surface area contributed by atoms with Crippen LogP contribution < -0.4 is 10.6 Å². The van der Waals surface area contributed by atoms with Crippen molar-refractivity contribution in [1.82, 2.24) is 10.6 Å². The van der Waals surface area contributed by atoms with E-state index in [1.54, 1.807) is 7.11 Å². The van der Waals surface area contributed by atoms with E-state index in [0.29, 0.717) is 19.3 Å². The Morgan fingerprint density at radius 1 is 1.08 bits per heavy atom. The van der Waals surface area contributed by atoms with Crippen molar-refractivity contribution in [2.45, 2.75) is 44.1 Å². The fourth-order valence-corrected chi connectivity index (χ4v) is 2.97. The highest BCUT2D eigenvalue weighted by Gasteiger charge is 2.31. The Bertz CT molecular complexity index is 593. The molecule has 0 unspecified atom stereocenters. The maximum absolute atomic E-state index is 12.1. The standard InChI is InChI=1S/C19H26N2O5/c1-3-9-25-18(22)20-15-10-16(12-17(11-15)24-2)21-19(23)26-13-14-7-5-4-6-8-14/h3-8,15-17H,1,9-13H2,2H3,(H,20,22)(H,21,23)/t15-,16+,17-/m0/s1. The van der Waals surface area contributed by atoms with Crippen LogP contribution in [0.5, 0.6) is 0 Å². The van der Waals surface area contributed by atoms with Crippen LogP contribution in [-0.4, -0.2) is 44.1 Å². The average molecular weight is 362 g/mol. The maximum atomic E-state index is 12.1. The number of benzene rings is 1. The van der Waals surface area contributed by atoms with Crippen LogP contribution in [-0.2, 0) is 20.8 Å². The molecular formula is C19H26N2O5. The van der Waals surface area contributed by atoms with Crippen molar-refractivity contribution in [1.29, 1.82) is 0 Å². The van der Waals surface area contributed by atoms with E-state index in [9.17, 15) is 9.59 Å². The van der Waals surface area contributed by atoms with Crippen LogP contribution in [0.25, 0.3) is 0 Å². The van der Waals surface area contributed by atoms with Crippen molar-refractivity contribution in [3.8, 4) is 0 Å². The van der Waals surface area contributed by atoms with E-state index in [1.807, 2.05) is 30.3 Å². The number of ether oxygens (including phenoxy) is 3. The van der Waals surface area contributed by atoms with E-state index in [0.717, 1.165) is 5.56 Å². The van der Waals surface area contributed by atoms with Crippen molar-refractivity contribution in [2.24, 2.45) is 0 Å². The van der Waals surface area contributed by atoms with Crippen molar-refractivity contribution in [3.63, 3.8) is 0 Å². The summed E-state index contributed by atoms with van der Waals surface area (Å²) in [6.45, 7) is 3.87. The highest BCUT2D eigenvalue weighted by molar-refractivity contribution is 5.68. The quantitative estimate of drug-likeness (QED) is 0.729. The topological polar surface area (TPSA) is 85.9 Å². The first-order valence-electron chi connectivity index (χ1n) is 8.65. The van der Waals surface area contributed by atoms with Gasteiger partial charge in [0.05, 0.1) is 6.10 Å². The maximum Gasteiger partial charge on any atom is 0.407 e. The zero-order chi connectivity index (χ0) is 18.8. The normalized spacial score (nSPS) is 22.1. The van der Waals surface area contributed by atoms with Gasteiger partial charge in [-0.3, -0.25) is 0 Å². The molecule has 2 rings (SSSR count). The number of methoxy groups -OCH3 is 1. The van der Waals surface area contributed by atoms with Crippen LogP contribution in [0.4, 0.5) is 9.59 Å². The Morgan fingerprint density at radius 3 is 2.27 bits per heavy atom. The minimum atomic E-state index is -0.503. The minimum Gasteiger partial charge on any atom is -0.445 e. The first-order chi connectivity index (χ1) is 12.6. The van der Waals surface area contributed by atoms with Crippen LogP contribution in [0, 0.1) is 0 Å². The van der Waals surface area contributed by atoms with Crippen molar-refractivity contribution in [3.05, 3.63) is 48.6 Å². The molecule has 2 amide bonds. The van der Waals surface area contributed by atoms with Gasteiger partial charge in [-0.2, -0.15) is 0 Å². The number of hydrogen-bond donors (Lipinski definition) is 2. The zero-order valence-electron chi connectivity index (χ0n) is 15.0. The fraction of sp³-hybridized carbons (Fsp3) is 0.474. The van der Waals surface area contributed by atoms with Gasteiger partial charge in [0.25, 0.3) is 0 Å². The van der Waals surface area contributed by atoms with Gasteiger partial charge in [-0.05, 0) is 24.8 Å². The molecule has 26 heavy (non-hydrogen) atoms. The molecular weight excluding hydrogens is 336 g/mol. The highest BCUT2D eigenvalue weighted by atomic mass is 16.6. The zero-order valence-corrected chi connectivity index (χ0v) is 15.0. The molecule has 1 aliphatic carbocycles. The van der Waals surface area contributed by atoms with Crippen LogP contribution in [0.2, 0.25) is 0 Å². The molecule has 7 nitrogen and oxygen atoms in total. The molecule has 0 aromatic heterocycles. The van der Waals surface area contributed by atoms with E-state index >= 15 is 0 Å². The second-order valence-corrected chi connectivity index (χ2v) is 6.20. The molecule has 0 heterocycles. The Labute approximate surface area is 153 Å². The number of hydrogen-bond acceptors (Lipinski definition) is 5. The van der Waals surface area contributed by atoms with Gasteiger partial charge in [-0.25, -0.2) is 9.59 Å². The molecule has 0 saturated heterocycles. The third-order valence-corrected chi connectivity index (χ3v) is 4.19. The number of nitrogens with one attached hydrogen (secondary N) is 2. The van der Waals surface area contributed by atoms with E-state index in [1.165, 1.54) is 6.08 Å². The Hall–Kier alpha value is -2.54. The molecule has 0 radical (unpaired) electrons. The number of rotatable bonds is 7. The molecule has 1 aromatic carbocycles. The molecule has 1 aromatic rings. The fourth-order valence-electron chi connectivity index (χ4n) is 2.97. The second-order valence-electron chi connectivity index (χ2n) is 6.20. The smallest absolute Gasteiger partial charge is 0.407 e. The molecule has 0 spiro atoms. The van der Waals surface area contributed by atoms with Crippen molar-refractivity contribution < 1.29 is 23.8 Å². The summed E-state index contributed by atoms with van der Waals surface area (Å²) in [5.41, 5.74) is 0.922. The van der Waals surface area contributed by atoms with Crippen molar-refractivity contribution >= 4 is 12.2 Å². The number of alkyl carbamates (subject to hydrolysis) is 2. The van der Waals surface area contributed by atoms with Crippen LogP contribution in [0.15, 0.2) is 43.0 Å². The Morgan fingerprint density at radius 2 is 1.69 bits per heavy atom. The summed E-state index contributed by atoms with van der Waals surface area (Å²) in [6, 6.07) is 9.18. The lowest BCUT2D eigenvalue weighted by Crippen LogP contribution is -2.50. The third-order valence-electron chi connectivity index (χ3n) is 4.19. The first kappa shape index (κ1) is 19.8. The van der Waals surface area contributed by atoms with Crippen LogP contribution in [0.1, 0.15) is 24.8 Å². The van der Waals surface area contributed by atoms with Gasteiger partial charge >= 0.3 is 12.2 Å². The highest BCUT2D eigenvalue weighted by Crippen LogP contribution is 2.22. The predicted octanol–water partition coefficient (Wildman–Crippen LogP) is 2.76. The first-order valence-corrected chi connectivity index (χ1v) is 8.65. The monoisotopic (exact) mass is 362 g/mol. The number of carbonyl (C=O) groups excluding carboxylic acids is 2. The van der Waals surface area contributed by atoms with Crippen LogP contribution in [0.3, 0.4) is 0 Å². The summed E-state index contributed by atoms with van der Waals surface area (Å²) in [5, 5.41) is 5.65. The lowest BCUT2D eigenvalue weighted by atomic mass is 9.89. The number of carbonyl (C=O) groups is 2. The largest absolute Gasteiger partial charge is 0.445 e. The average Bonchev–Trinajstić information content (AvgIpc) is 2.65. The molecule has 7 heteroatoms. The molecule has 1 saturated carbocycles. The summed E-state index contributed by atoms with van der Waals surface area (Å²) in [6.07, 6.45) is 2.37. The molecule has 0 bridgehead atoms. The second kappa shape index (κ2) is 10.5. The summed E-state index contributed by atoms with van der Waals surface area (Å²) in [5.74, 6) is 0. The number of amides is 2. The van der Waals surface area contributed by atoms with Gasteiger partial charge in [0.1, 0.15) is 13.2 Å². The SMILES string of the molecule is C=CCOC(=O)N[C@H]1C[C@@H](NC(=O)OCc2ccccc2)C[C@@H](OC)C1. The molecule has 0 aliphatic heterocycles. The molecule has 1 fully saturated rings. The van der Waals surface area contributed by atoms with Crippen LogP contribution >= 0.6 is 0 Å². The van der Waals surface area contributed by atoms with Gasteiger partial charge in [-0.1, -0.05) is 43.0 Å². The Kier molecular flexibility index (Phi) is 7.95. The summed E-state index contributed by atoms with van der Waals surface area (Å²) in [7, 11) is 1.62. The predicted molar refractivity (Wildman–Crippen MR) is 96.7 cm³/mol. The molecule has 2 N–H and O–H groups in total. The summed E-state index contributed by atoms with van der Waals surface area (Å²) in [4.78, 5) is 23.8.